The zero-order valence-corrected chi connectivity index (χ0v) is 10.6. The average Bonchev–Trinajstić information content (AvgIpc) is 2.92. The van der Waals surface area contributed by atoms with Gasteiger partial charge < -0.3 is 0 Å². The summed E-state index contributed by atoms with van der Waals surface area (Å²) < 4.78 is 1.67. The highest BCUT2D eigenvalue weighted by Crippen LogP contribution is 2.31. The Labute approximate surface area is 102 Å². The van der Waals surface area contributed by atoms with Crippen LogP contribution in [0.3, 0.4) is 0 Å². The van der Waals surface area contributed by atoms with E-state index in [1.165, 1.54) is 5.56 Å². The van der Waals surface area contributed by atoms with Gasteiger partial charge in [-0.3, -0.25) is 0 Å². The molecule has 0 radical (unpaired) electrons. The van der Waals surface area contributed by atoms with Crippen LogP contribution in [0.2, 0.25) is 0 Å². The van der Waals surface area contributed by atoms with E-state index in [0.717, 1.165) is 18.5 Å². The number of rotatable bonds is 4. The van der Waals surface area contributed by atoms with Crippen molar-refractivity contribution >= 4 is 0 Å². The van der Waals surface area contributed by atoms with Gasteiger partial charge in [0.2, 0.25) is 0 Å². The SMILES string of the molecule is CCC(C)(CC)c1ccc(-n2cnnn2)cc1. The third-order valence-electron chi connectivity index (χ3n) is 3.74. The van der Waals surface area contributed by atoms with Crippen LogP contribution in [-0.2, 0) is 5.41 Å². The maximum Gasteiger partial charge on any atom is 0.143 e. The molecule has 0 fully saturated rings. The van der Waals surface area contributed by atoms with E-state index in [1.54, 1.807) is 11.0 Å². The Kier molecular flexibility index (Phi) is 3.22. The molecular weight excluding hydrogens is 212 g/mol. The number of hydrogen-bond donors (Lipinski definition) is 0. The van der Waals surface area contributed by atoms with E-state index >= 15 is 0 Å². The molecule has 4 nitrogen and oxygen atoms in total. The number of benzene rings is 1. The second-order valence-corrected chi connectivity index (χ2v) is 4.57. The Hall–Kier alpha value is -1.71. The molecule has 4 heteroatoms. The first-order chi connectivity index (χ1) is 8.19. The molecule has 0 amide bonds. The van der Waals surface area contributed by atoms with Crippen molar-refractivity contribution in [2.24, 2.45) is 0 Å². The molecule has 17 heavy (non-hydrogen) atoms. The van der Waals surface area contributed by atoms with Gasteiger partial charge in [0, 0.05) is 0 Å². The van der Waals surface area contributed by atoms with E-state index < -0.39 is 0 Å². The van der Waals surface area contributed by atoms with Crippen LogP contribution in [0.15, 0.2) is 30.6 Å². The van der Waals surface area contributed by atoms with Crippen LogP contribution in [0.1, 0.15) is 39.2 Å². The van der Waals surface area contributed by atoms with Gasteiger partial charge in [0.05, 0.1) is 5.69 Å². The first-order valence-electron chi connectivity index (χ1n) is 6.03. The Morgan fingerprint density at radius 1 is 1.12 bits per heavy atom. The van der Waals surface area contributed by atoms with Crippen molar-refractivity contribution in [3.63, 3.8) is 0 Å². The summed E-state index contributed by atoms with van der Waals surface area (Å²) in [7, 11) is 0. The lowest BCUT2D eigenvalue weighted by molar-refractivity contribution is 0.439. The van der Waals surface area contributed by atoms with Crippen LogP contribution < -0.4 is 0 Å². The van der Waals surface area contributed by atoms with E-state index in [9.17, 15) is 0 Å². The van der Waals surface area contributed by atoms with E-state index in [1.807, 2.05) is 0 Å². The summed E-state index contributed by atoms with van der Waals surface area (Å²) in [6.45, 7) is 6.77. The van der Waals surface area contributed by atoms with Crippen molar-refractivity contribution in [2.45, 2.75) is 39.0 Å². The molecular formula is C13H18N4. The Balaban J connectivity index is 2.30. The highest BCUT2D eigenvalue weighted by Gasteiger charge is 2.21. The minimum atomic E-state index is 0.263. The summed E-state index contributed by atoms with van der Waals surface area (Å²) in [5, 5.41) is 11.1. The topological polar surface area (TPSA) is 43.6 Å². The zero-order valence-electron chi connectivity index (χ0n) is 10.6. The van der Waals surface area contributed by atoms with Crippen LogP contribution in [0.4, 0.5) is 0 Å². The molecule has 0 aliphatic carbocycles. The fraction of sp³-hybridized carbons (Fsp3) is 0.462. The van der Waals surface area contributed by atoms with Crippen molar-refractivity contribution in [1.82, 2.24) is 20.2 Å². The molecule has 0 aliphatic heterocycles. The molecule has 0 bridgehead atoms. The lowest BCUT2D eigenvalue weighted by Gasteiger charge is -2.27. The van der Waals surface area contributed by atoms with E-state index in [-0.39, 0.29) is 5.41 Å². The molecule has 1 aromatic heterocycles. The van der Waals surface area contributed by atoms with E-state index in [4.69, 9.17) is 0 Å². The molecule has 1 aromatic carbocycles. The van der Waals surface area contributed by atoms with Crippen molar-refractivity contribution in [3.05, 3.63) is 36.2 Å². The summed E-state index contributed by atoms with van der Waals surface area (Å²) in [5.41, 5.74) is 2.63. The predicted molar refractivity (Wildman–Crippen MR) is 67.1 cm³/mol. The molecule has 2 aromatic rings. The van der Waals surface area contributed by atoms with Gasteiger partial charge in [-0.05, 0) is 46.4 Å². The average molecular weight is 230 g/mol. The quantitative estimate of drug-likeness (QED) is 0.811. The van der Waals surface area contributed by atoms with Gasteiger partial charge in [0.25, 0.3) is 0 Å². The molecule has 0 N–H and O–H groups in total. The molecule has 0 atom stereocenters. The van der Waals surface area contributed by atoms with Gasteiger partial charge >= 0.3 is 0 Å². The lowest BCUT2D eigenvalue weighted by Crippen LogP contribution is -2.19. The van der Waals surface area contributed by atoms with Crippen LogP contribution in [0, 0.1) is 0 Å². The molecule has 0 spiro atoms. The van der Waals surface area contributed by atoms with Crippen LogP contribution >= 0.6 is 0 Å². The van der Waals surface area contributed by atoms with E-state index in [2.05, 4.69) is 60.6 Å². The second-order valence-electron chi connectivity index (χ2n) is 4.57. The molecule has 2 rings (SSSR count). The zero-order chi connectivity index (χ0) is 12.3. The van der Waals surface area contributed by atoms with Gasteiger partial charge in [0.15, 0.2) is 0 Å². The number of nitrogens with zero attached hydrogens (tertiary/aromatic N) is 4. The number of hydrogen-bond acceptors (Lipinski definition) is 3. The van der Waals surface area contributed by atoms with Crippen LogP contribution in [-0.4, -0.2) is 20.2 Å². The number of tetrazole rings is 1. The van der Waals surface area contributed by atoms with Crippen molar-refractivity contribution < 1.29 is 0 Å². The normalized spacial score (nSPS) is 11.7. The minimum Gasteiger partial charge on any atom is -0.201 e. The summed E-state index contributed by atoms with van der Waals surface area (Å²) >= 11 is 0. The molecule has 90 valence electrons. The summed E-state index contributed by atoms with van der Waals surface area (Å²) in [4.78, 5) is 0. The fourth-order valence-electron chi connectivity index (χ4n) is 1.95. The lowest BCUT2D eigenvalue weighted by atomic mass is 9.78. The first-order valence-corrected chi connectivity index (χ1v) is 6.03. The van der Waals surface area contributed by atoms with Crippen molar-refractivity contribution in [2.75, 3.05) is 0 Å². The van der Waals surface area contributed by atoms with Gasteiger partial charge in [-0.1, -0.05) is 32.9 Å². The minimum absolute atomic E-state index is 0.263. The third-order valence-corrected chi connectivity index (χ3v) is 3.74. The molecule has 0 saturated heterocycles. The van der Waals surface area contributed by atoms with Crippen molar-refractivity contribution in [1.29, 1.82) is 0 Å². The van der Waals surface area contributed by atoms with Gasteiger partial charge in [-0.25, -0.2) is 4.68 Å². The largest absolute Gasteiger partial charge is 0.201 e. The van der Waals surface area contributed by atoms with Crippen LogP contribution in [0.25, 0.3) is 5.69 Å². The smallest absolute Gasteiger partial charge is 0.143 e. The first kappa shape index (κ1) is 11.8. The summed E-state index contributed by atoms with van der Waals surface area (Å²) in [6.07, 6.45) is 3.90. The Bertz CT molecular complexity index is 455. The maximum absolute atomic E-state index is 3.87. The maximum atomic E-state index is 3.87. The molecule has 1 heterocycles. The standard InChI is InChI=1S/C13H18N4/c1-4-13(3,5-2)11-6-8-12(9-7-11)17-10-14-15-16-17/h6-10H,4-5H2,1-3H3. The van der Waals surface area contributed by atoms with Gasteiger partial charge in [-0.2, -0.15) is 0 Å². The van der Waals surface area contributed by atoms with Gasteiger partial charge in [-0.15, -0.1) is 5.10 Å². The molecule has 0 unspecified atom stereocenters. The van der Waals surface area contributed by atoms with Gasteiger partial charge in [0.1, 0.15) is 6.33 Å². The predicted octanol–water partition coefficient (Wildman–Crippen LogP) is 2.74. The Morgan fingerprint density at radius 2 is 1.76 bits per heavy atom. The number of aromatic nitrogens is 4. The van der Waals surface area contributed by atoms with Crippen molar-refractivity contribution in [3.8, 4) is 5.69 Å². The highest BCUT2D eigenvalue weighted by molar-refractivity contribution is 5.36. The fourth-order valence-corrected chi connectivity index (χ4v) is 1.95. The van der Waals surface area contributed by atoms with E-state index in [0.29, 0.717) is 0 Å². The molecule has 0 saturated carbocycles. The van der Waals surface area contributed by atoms with Crippen LogP contribution in [0.5, 0.6) is 0 Å². The summed E-state index contributed by atoms with van der Waals surface area (Å²) in [6, 6.07) is 8.47. The monoisotopic (exact) mass is 230 g/mol. The second kappa shape index (κ2) is 4.65. The third kappa shape index (κ3) is 2.20. The Morgan fingerprint density at radius 3 is 2.24 bits per heavy atom. The highest BCUT2D eigenvalue weighted by atomic mass is 15.5. The molecule has 0 aliphatic rings. The summed E-state index contributed by atoms with van der Waals surface area (Å²) in [5.74, 6) is 0.